The molecule has 0 aromatic carbocycles. The van der Waals surface area contributed by atoms with Gasteiger partial charge in [-0.1, -0.05) is 17.7 Å². The summed E-state index contributed by atoms with van der Waals surface area (Å²) in [6.07, 6.45) is 3.03. The standard InChI is InChI=1S/C7H11/c1-6(2)5-7(3)4/h1H2,2-4H3. The molecule has 0 saturated carbocycles. The van der Waals surface area contributed by atoms with Gasteiger partial charge in [0.05, 0.1) is 0 Å². The summed E-state index contributed by atoms with van der Waals surface area (Å²) < 4.78 is 0. The van der Waals surface area contributed by atoms with E-state index >= 15 is 0 Å². The molecule has 0 heterocycles. The topological polar surface area (TPSA) is 0 Å². The van der Waals surface area contributed by atoms with Gasteiger partial charge in [-0.2, -0.15) is 0 Å². The maximum Gasteiger partial charge on any atom is -0.0172 e. The minimum atomic E-state index is 1.00. The van der Waals surface area contributed by atoms with E-state index in [0.29, 0.717) is 0 Å². The predicted octanol–water partition coefficient (Wildman–Crippen LogP) is 2.33. The summed E-state index contributed by atoms with van der Waals surface area (Å²) in [5.74, 6) is 0. The van der Waals surface area contributed by atoms with Crippen LogP contribution in [0.15, 0.2) is 17.7 Å². The fraction of sp³-hybridized carbons (Fsp3) is 0.429. The van der Waals surface area contributed by atoms with Crippen molar-refractivity contribution in [1.29, 1.82) is 0 Å². The van der Waals surface area contributed by atoms with Crippen LogP contribution in [0.2, 0.25) is 0 Å². The normalized spacial score (nSPS) is 7.86. The Morgan fingerprint density at radius 3 is 1.71 bits per heavy atom. The van der Waals surface area contributed by atoms with Crippen LogP contribution in [-0.4, -0.2) is 0 Å². The Bertz CT molecular complexity index is 92.6. The van der Waals surface area contributed by atoms with E-state index in [4.69, 9.17) is 0 Å². The minimum Gasteiger partial charge on any atom is -0.0955 e. The second-order valence-corrected chi connectivity index (χ2v) is 1.91. The largest absolute Gasteiger partial charge is 0.0955 e. The highest BCUT2D eigenvalue weighted by Crippen LogP contribution is 1.93. The highest BCUT2D eigenvalue weighted by atomic mass is 13.8. The number of hydrogen-bond acceptors (Lipinski definition) is 0. The van der Waals surface area contributed by atoms with Crippen LogP contribution in [0, 0.1) is 6.08 Å². The van der Waals surface area contributed by atoms with Gasteiger partial charge in [-0.05, 0) is 26.8 Å². The van der Waals surface area contributed by atoms with Gasteiger partial charge in [-0.25, -0.2) is 0 Å². The lowest BCUT2D eigenvalue weighted by Gasteiger charge is -1.84. The van der Waals surface area contributed by atoms with Crippen molar-refractivity contribution in [3.05, 3.63) is 23.8 Å². The molecule has 0 aromatic rings. The predicted molar refractivity (Wildman–Crippen MR) is 32.9 cm³/mol. The van der Waals surface area contributed by atoms with Crippen molar-refractivity contribution in [2.45, 2.75) is 20.8 Å². The van der Waals surface area contributed by atoms with Crippen molar-refractivity contribution in [3.63, 3.8) is 0 Å². The van der Waals surface area contributed by atoms with Gasteiger partial charge in [-0.3, -0.25) is 0 Å². The van der Waals surface area contributed by atoms with Crippen molar-refractivity contribution < 1.29 is 0 Å². The second kappa shape index (κ2) is 2.62. The van der Waals surface area contributed by atoms with E-state index in [9.17, 15) is 0 Å². The summed E-state index contributed by atoms with van der Waals surface area (Å²) in [5.41, 5.74) is 2.19. The summed E-state index contributed by atoms with van der Waals surface area (Å²) >= 11 is 0. The molecule has 0 atom stereocenters. The van der Waals surface area contributed by atoms with Crippen LogP contribution in [0.1, 0.15) is 20.8 Å². The Balaban J connectivity index is 3.68. The fourth-order valence-corrected chi connectivity index (χ4v) is 0.427. The summed E-state index contributed by atoms with van der Waals surface area (Å²) in [4.78, 5) is 0. The van der Waals surface area contributed by atoms with Gasteiger partial charge in [0.1, 0.15) is 0 Å². The Morgan fingerprint density at radius 1 is 1.29 bits per heavy atom. The van der Waals surface area contributed by atoms with Gasteiger partial charge in [0.25, 0.3) is 0 Å². The molecule has 7 heavy (non-hydrogen) atoms. The number of allylic oxidation sites excluding steroid dienone is 3. The maximum atomic E-state index is 3.66. The van der Waals surface area contributed by atoms with E-state index < -0.39 is 0 Å². The van der Waals surface area contributed by atoms with Crippen LogP contribution in [0.5, 0.6) is 0 Å². The van der Waals surface area contributed by atoms with E-state index in [1.54, 1.807) is 0 Å². The molecule has 0 nitrogen and oxygen atoms in total. The zero-order chi connectivity index (χ0) is 5.86. The molecule has 0 heteroatoms. The lowest BCUT2D eigenvalue weighted by Crippen LogP contribution is -1.65. The van der Waals surface area contributed by atoms with Crippen LogP contribution in [0.3, 0.4) is 0 Å². The number of rotatable bonds is 1. The molecule has 0 aromatic heterocycles. The first-order chi connectivity index (χ1) is 3.13. The highest BCUT2D eigenvalue weighted by Gasteiger charge is 1.75. The third-order valence-electron chi connectivity index (χ3n) is 0.463. The molecular formula is C7H11. The first-order valence-electron chi connectivity index (χ1n) is 2.35. The van der Waals surface area contributed by atoms with Crippen molar-refractivity contribution >= 4 is 0 Å². The molecule has 0 spiro atoms. The van der Waals surface area contributed by atoms with Crippen LogP contribution >= 0.6 is 0 Å². The zero-order valence-electron chi connectivity index (χ0n) is 5.21. The monoisotopic (exact) mass is 95.1 g/mol. The van der Waals surface area contributed by atoms with Crippen molar-refractivity contribution in [1.82, 2.24) is 0 Å². The SMILES string of the molecule is C=C(C)[C]=C(C)C. The van der Waals surface area contributed by atoms with Crippen molar-refractivity contribution in [3.8, 4) is 0 Å². The van der Waals surface area contributed by atoms with Gasteiger partial charge in [0.2, 0.25) is 0 Å². The third-order valence-corrected chi connectivity index (χ3v) is 0.463. The van der Waals surface area contributed by atoms with E-state index in [1.807, 2.05) is 20.8 Å². The second-order valence-electron chi connectivity index (χ2n) is 1.91. The zero-order valence-corrected chi connectivity index (χ0v) is 5.21. The van der Waals surface area contributed by atoms with Crippen molar-refractivity contribution in [2.75, 3.05) is 0 Å². The molecule has 0 saturated heterocycles. The van der Waals surface area contributed by atoms with Gasteiger partial charge >= 0.3 is 0 Å². The van der Waals surface area contributed by atoms with Crippen LogP contribution < -0.4 is 0 Å². The van der Waals surface area contributed by atoms with Gasteiger partial charge in [0, 0.05) is 0 Å². The average Bonchev–Trinajstić information content (AvgIpc) is 1.27. The van der Waals surface area contributed by atoms with E-state index in [2.05, 4.69) is 12.7 Å². The lowest BCUT2D eigenvalue weighted by atomic mass is 10.2. The molecule has 0 fully saturated rings. The molecule has 0 aliphatic heterocycles. The summed E-state index contributed by atoms with van der Waals surface area (Å²) in [7, 11) is 0. The molecule has 0 aliphatic rings. The fourth-order valence-electron chi connectivity index (χ4n) is 0.427. The lowest BCUT2D eigenvalue weighted by molar-refractivity contribution is 1.33. The van der Waals surface area contributed by atoms with Gasteiger partial charge in [0.15, 0.2) is 0 Å². The molecule has 39 valence electrons. The molecule has 0 aliphatic carbocycles. The average molecular weight is 95.2 g/mol. The quantitative estimate of drug-likeness (QED) is 0.438. The summed E-state index contributed by atoms with van der Waals surface area (Å²) in [6.45, 7) is 9.62. The number of hydrogen-bond donors (Lipinski definition) is 0. The summed E-state index contributed by atoms with van der Waals surface area (Å²) in [6, 6.07) is 0. The third kappa shape index (κ3) is 5.48. The molecular weight excluding hydrogens is 84.1 g/mol. The maximum absolute atomic E-state index is 3.66. The summed E-state index contributed by atoms with van der Waals surface area (Å²) in [5, 5.41) is 0. The smallest absolute Gasteiger partial charge is 0.0172 e. The molecule has 0 unspecified atom stereocenters. The Kier molecular flexibility index (Phi) is 2.42. The van der Waals surface area contributed by atoms with E-state index in [1.165, 1.54) is 5.57 Å². The first-order valence-corrected chi connectivity index (χ1v) is 2.35. The van der Waals surface area contributed by atoms with E-state index in [-0.39, 0.29) is 0 Å². The van der Waals surface area contributed by atoms with Crippen LogP contribution in [0.25, 0.3) is 0 Å². The Labute approximate surface area is 45.5 Å². The van der Waals surface area contributed by atoms with Gasteiger partial charge < -0.3 is 0 Å². The van der Waals surface area contributed by atoms with Crippen LogP contribution in [-0.2, 0) is 0 Å². The minimum absolute atomic E-state index is 1.00. The highest BCUT2D eigenvalue weighted by molar-refractivity contribution is 5.07. The molecule has 0 rings (SSSR count). The Morgan fingerprint density at radius 2 is 1.71 bits per heavy atom. The van der Waals surface area contributed by atoms with E-state index in [0.717, 1.165) is 5.57 Å². The molecule has 1 radical (unpaired) electrons. The van der Waals surface area contributed by atoms with Crippen molar-refractivity contribution in [2.24, 2.45) is 0 Å². The Hall–Kier alpha value is -0.520. The molecule has 0 bridgehead atoms. The molecule has 0 N–H and O–H groups in total. The van der Waals surface area contributed by atoms with Crippen LogP contribution in [0.4, 0.5) is 0 Å². The molecule has 0 amide bonds. The first kappa shape index (κ1) is 6.48. The van der Waals surface area contributed by atoms with Gasteiger partial charge in [-0.15, -0.1) is 0 Å².